The third-order valence-corrected chi connectivity index (χ3v) is 7.04. The van der Waals surface area contributed by atoms with Crippen LogP contribution in [0, 0.1) is 0 Å². The number of nitrogens with one attached hydrogen (secondary N) is 1. The molecule has 5 atom stereocenters. The second kappa shape index (κ2) is 7.82. The normalized spacial score (nSPS) is 31.6. The lowest BCUT2D eigenvalue weighted by Gasteiger charge is -2.40. The zero-order valence-electron chi connectivity index (χ0n) is 17.0. The fraction of sp³-hybridized carbons (Fsp3) is 0.565. The third kappa shape index (κ3) is 3.66. The largest absolute Gasteiger partial charge is 0.372 e. The zero-order valence-corrected chi connectivity index (χ0v) is 17.0. The average molecular weight is 395 g/mol. The summed E-state index contributed by atoms with van der Waals surface area (Å²) in [5, 5.41) is 7.59. The number of benzene rings is 1. The molecule has 2 amide bonds. The number of carbonyl (C=O) groups excluding carboxylic acids is 1. The number of hydrogen-bond donors (Lipinski definition) is 1. The van der Waals surface area contributed by atoms with E-state index in [1.807, 2.05) is 17.8 Å². The molecule has 1 N–H and O–H groups in total. The number of piperidine rings is 1. The van der Waals surface area contributed by atoms with Crippen molar-refractivity contribution >= 4 is 6.03 Å². The first-order chi connectivity index (χ1) is 14.2. The average Bonchev–Trinajstić information content (AvgIpc) is 3.29. The summed E-state index contributed by atoms with van der Waals surface area (Å²) < 4.78 is 7.82. The third-order valence-electron chi connectivity index (χ3n) is 7.04. The molecule has 2 aromatic rings. The van der Waals surface area contributed by atoms with Crippen molar-refractivity contribution in [1.82, 2.24) is 20.0 Å². The fourth-order valence-electron chi connectivity index (χ4n) is 5.59. The van der Waals surface area contributed by atoms with Gasteiger partial charge in [-0.05, 0) is 56.1 Å². The van der Waals surface area contributed by atoms with E-state index in [1.54, 1.807) is 6.20 Å². The molecule has 0 radical (unpaired) electrons. The molecule has 1 aromatic heterocycles. The molecule has 4 heterocycles. The highest BCUT2D eigenvalue weighted by Gasteiger charge is 2.44. The Morgan fingerprint density at radius 3 is 2.52 bits per heavy atom. The zero-order chi connectivity index (χ0) is 19.8. The van der Waals surface area contributed by atoms with Crippen molar-refractivity contribution in [1.29, 1.82) is 0 Å². The Balaban J connectivity index is 1.22. The molecule has 6 heteroatoms. The fourth-order valence-corrected chi connectivity index (χ4v) is 5.59. The number of urea groups is 1. The lowest BCUT2D eigenvalue weighted by atomic mass is 9.85. The lowest BCUT2D eigenvalue weighted by Crippen LogP contribution is -2.53. The van der Waals surface area contributed by atoms with Crippen LogP contribution in [0.3, 0.4) is 0 Å². The van der Waals surface area contributed by atoms with Crippen LogP contribution in [0.5, 0.6) is 0 Å². The maximum Gasteiger partial charge on any atom is 0.318 e. The molecule has 1 aromatic carbocycles. The van der Waals surface area contributed by atoms with Crippen LogP contribution in [0.15, 0.2) is 42.6 Å². The van der Waals surface area contributed by atoms with E-state index in [0.29, 0.717) is 24.6 Å². The van der Waals surface area contributed by atoms with Crippen molar-refractivity contribution in [2.24, 2.45) is 7.05 Å². The minimum Gasteiger partial charge on any atom is -0.372 e. The van der Waals surface area contributed by atoms with Crippen LogP contribution in [0.2, 0.25) is 0 Å². The van der Waals surface area contributed by atoms with E-state index in [1.165, 1.54) is 5.56 Å². The first-order valence-electron chi connectivity index (χ1n) is 10.9. The van der Waals surface area contributed by atoms with Crippen molar-refractivity contribution in [3.8, 4) is 0 Å². The molecular formula is C23H30N4O2. The molecule has 5 rings (SSSR count). The molecular weight excluding hydrogens is 364 g/mol. The van der Waals surface area contributed by atoms with Crippen LogP contribution in [0.25, 0.3) is 0 Å². The molecule has 154 valence electrons. The molecule has 0 spiro atoms. The van der Waals surface area contributed by atoms with Crippen LogP contribution >= 0.6 is 0 Å². The second-order valence-electron chi connectivity index (χ2n) is 8.78. The predicted octanol–water partition coefficient (Wildman–Crippen LogP) is 3.76. The van der Waals surface area contributed by atoms with Gasteiger partial charge in [0.1, 0.15) is 6.10 Å². The Bertz CT molecular complexity index is 838. The van der Waals surface area contributed by atoms with E-state index in [4.69, 9.17) is 4.74 Å². The molecule has 3 fully saturated rings. The smallest absolute Gasteiger partial charge is 0.318 e. The van der Waals surface area contributed by atoms with E-state index in [2.05, 4.69) is 45.6 Å². The van der Waals surface area contributed by atoms with Crippen molar-refractivity contribution in [2.75, 3.05) is 6.61 Å². The van der Waals surface area contributed by atoms with Crippen LogP contribution in [-0.2, 0) is 11.8 Å². The maximum atomic E-state index is 13.2. The molecule has 3 aliphatic heterocycles. The number of carbonyl (C=O) groups is 1. The van der Waals surface area contributed by atoms with Crippen molar-refractivity contribution < 1.29 is 9.53 Å². The van der Waals surface area contributed by atoms with Gasteiger partial charge >= 0.3 is 6.03 Å². The first kappa shape index (κ1) is 18.7. The van der Waals surface area contributed by atoms with E-state index < -0.39 is 0 Å². The quantitative estimate of drug-likeness (QED) is 0.862. The summed E-state index contributed by atoms with van der Waals surface area (Å²) in [7, 11) is 1.94. The van der Waals surface area contributed by atoms with Gasteiger partial charge in [-0.1, -0.05) is 30.3 Å². The summed E-state index contributed by atoms with van der Waals surface area (Å²) in [6.45, 7) is 0.670. The summed E-state index contributed by atoms with van der Waals surface area (Å²) in [4.78, 5) is 15.3. The van der Waals surface area contributed by atoms with Gasteiger partial charge in [0.05, 0.1) is 5.69 Å². The Morgan fingerprint density at radius 1 is 1.07 bits per heavy atom. The van der Waals surface area contributed by atoms with Gasteiger partial charge in [-0.15, -0.1) is 0 Å². The molecule has 0 saturated carbocycles. The molecule has 2 bridgehead atoms. The highest BCUT2D eigenvalue weighted by molar-refractivity contribution is 5.76. The van der Waals surface area contributed by atoms with Gasteiger partial charge in [0.25, 0.3) is 0 Å². The summed E-state index contributed by atoms with van der Waals surface area (Å²) >= 11 is 0. The molecule has 29 heavy (non-hydrogen) atoms. The molecule has 3 saturated heterocycles. The number of amides is 2. The van der Waals surface area contributed by atoms with Crippen LogP contribution in [0.1, 0.15) is 61.8 Å². The number of aromatic nitrogens is 2. The Labute approximate surface area is 172 Å². The minimum absolute atomic E-state index is 0.00193. The van der Waals surface area contributed by atoms with E-state index in [9.17, 15) is 4.79 Å². The Morgan fingerprint density at radius 2 is 1.83 bits per heavy atom. The maximum absolute atomic E-state index is 13.2. The van der Waals surface area contributed by atoms with Gasteiger partial charge in [0.15, 0.2) is 0 Å². The Hall–Kier alpha value is -2.34. The van der Waals surface area contributed by atoms with Gasteiger partial charge in [0, 0.05) is 38.0 Å². The number of fused-ring (bicyclic) bond motifs is 2. The highest BCUT2D eigenvalue weighted by atomic mass is 16.5. The number of hydrogen-bond acceptors (Lipinski definition) is 3. The monoisotopic (exact) mass is 394 g/mol. The van der Waals surface area contributed by atoms with Gasteiger partial charge in [0.2, 0.25) is 0 Å². The molecule has 6 nitrogen and oxygen atoms in total. The topological polar surface area (TPSA) is 59.4 Å². The van der Waals surface area contributed by atoms with E-state index in [-0.39, 0.29) is 18.2 Å². The summed E-state index contributed by atoms with van der Waals surface area (Å²) in [5.74, 6) is 0.579. The van der Waals surface area contributed by atoms with Crippen LogP contribution < -0.4 is 5.32 Å². The number of aryl methyl sites for hydroxylation is 1. The van der Waals surface area contributed by atoms with Gasteiger partial charge < -0.3 is 15.0 Å². The first-order valence-corrected chi connectivity index (χ1v) is 10.9. The van der Waals surface area contributed by atoms with E-state index in [0.717, 1.165) is 44.2 Å². The van der Waals surface area contributed by atoms with Crippen LogP contribution in [-0.4, -0.2) is 45.4 Å². The van der Waals surface area contributed by atoms with E-state index >= 15 is 0 Å². The van der Waals surface area contributed by atoms with Crippen LogP contribution in [0.4, 0.5) is 4.79 Å². The lowest BCUT2D eigenvalue weighted by molar-refractivity contribution is -0.00369. The minimum atomic E-state index is 0.00193. The Kier molecular flexibility index (Phi) is 5.04. The summed E-state index contributed by atoms with van der Waals surface area (Å²) in [5.41, 5.74) is 2.50. The van der Waals surface area contributed by atoms with Gasteiger partial charge in [-0.2, -0.15) is 5.10 Å². The summed E-state index contributed by atoms with van der Waals surface area (Å²) in [6, 6.07) is 13.8. The molecule has 3 aliphatic rings. The highest BCUT2D eigenvalue weighted by Crippen LogP contribution is 2.43. The number of ether oxygens (including phenoxy) is 1. The molecule has 3 unspecified atom stereocenters. The number of nitrogens with zero attached hydrogens (tertiary/aromatic N) is 3. The van der Waals surface area contributed by atoms with Crippen molar-refractivity contribution in [3.05, 3.63) is 53.9 Å². The summed E-state index contributed by atoms with van der Waals surface area (Å²) in [6.07, 6.45) is 7.91. The van der Waals surface area contributed by atoms with Crippen molar-refractivity contribution in [3.63, 3.8) is 0 Å². The number of rotatable bonds is 3. The molecule has 0 aliphatic carbocycles. The SMILES string of the molecule is Cn1nccc1C1CC(NC(=O)N2[C@@H]3CC[C@H]2CC(c2ccccc2)C3)CCO1. The van der Waals surface area contributed by atoms with Gasteiger partial charge in [-0.3, -0.25) is 4.68 Å². The second-order valence-corrected chi connectivity index (χ2v) is 8.78. The van der Waals surface area contributed by atoms with Crippen molar-refractivity contribution in [2.45, 2.75) is 68.7 Å². The standard InChI is InChI=1S/C23H30N4O2/c1-26-21(9-11-24-26)22-15-18(10-12-29-22)25-23(28)27-19-7-8-20(27)14-17(13-19)16-5-3-2-4-6-16/h2-6,9,11,17-20,22H,7-8,10,12-15H2,1H3,(H,25,28)/t17?,18?,19-,20+,22?. The predicted molar refractivity (Wildman–Crippen MR) is 111 cm³/mol. The van der Waals surface area contributed by atoms with Gasteiger partial charge in [-0.25, -0.2) is 4.79 Å².